The van der Waals surface area contributed by atoms with Crippen LogP contribution < -0.4 is 10.2 Å². The topological polar surface area (TPSA) is 71.3 Å². The fraction of sp³-hybridized carbons (Fsp3) is 0.400. The molecule has 6 heteroatoms. The molecule has 6 nitrogen and oxygen atoms in total. The van der Waals surface area contributed by atoms with Crippen molar-refractivity contribution in [2.24, 2.45) is 0 Å². The minimum Gasteiger partial charge on any atom is -0.372 e. The first-order chi connectivity index (χ1) is 10.1. The predicted molar refractivity (Wildman–Crippen MR) is 81.4 cm³/mol. The van der Waals surface area contributed by atoms with Gasteiger partial charge in [-0.15, -0.1) is 0 Å². The van der Waals surface area contributed by atoms with Crippen molar-refractivity contribution >= 4 is 17.3 Å². The lowest BCUT2D eigenvalue weighted by Gasteiger charge is -2.21. The van der Waals surface area contributed by atoms with Gasteiger partial charge in [-0.2, -0.15) is 4.98 Å². The highest BCUT2D eigenvalue weighted by Gasteiger charge is 2.10. The van der Waals surface area contributed by atoms with Crippen LogP contribution in [0.2, 0.25) is 0 Å². The van der Waals surface area contributed by atoms with Crippen LogP contribution in [0.1, 0.15) is 25.6 Å². The summed E-state index contributed by atoms with van der Waals surface area (Å²) in [6.45, 7) is 7.87. The number of carbonyl (C=O) groups is 1. The Bertz CT molecular complexity index is 588. The molecule has 2 rings (SSSR count). The lowest BCUT2D eigenvalue weighted by atomic mass is 10.2. The van der Waals surface area contributed by atoms with Gasteiger partial charge in [0, 0.05) is 24.5 Å². The molecule has 0 unspecified atom stereocenters. The molecular weight excluding hydrogens is 268 g/mol. The van der Waals surface area contributed by atoms with Crippen LogP contribution in [0.3, 0.4) is 0 Å². The number of carbonyl (C=O) groups excluding carboxylic acids is 1. The minimum absolute atomic E-state index is 0.0820. The van der Waals surface area contributed by atoms with Crippen LogP contribution in [0.15, 0.2) is 28.8 Å². The third kappa shape index (κ3) is 4.05. The summed E-state index contributed by atoms with van der Waals surface area (Å²) in [5.41, 5.74) is 1.90. The third-order valence-electron chi connectivity index (χ3n) is 3.16. The molecule has 1 N–H and O–H groups in total. The second-order valence-electron chi connectivity index (χ2n) is 4.68. The molecule has 0 atom stereocenters. The van der Waals surface area contributed by atoms with Crippen molar-refractivity contribution < 1.29 is 9.32 Å². The molecular formula is C15H20N4O2. The minimum atomic E-state index is -0.172. The zero-order chi connectivity index (χ0) is 15.2. The Balaban J connectivity index is 1.95. The van der Waals surface area contributed by atoms with Crippen molar-refractivity contribution in [2.75, 3.05) is 23.3 Å². The van der Waals surface area contributed by atoms with E-state index in [-0.39, 0.29) is 12.3 Å². The molecule has 0 saturated heterocycles. The Hall–Kier alpha value is -2.37. The molecule has 0 aliphatic carbocycles. The lowest BCUT2D eigenvalue weighted by Crippen LogP contribution is -2.21. The normalized spacial score (nSPS) is 10.4. The van der Waals surface area contributed by atoms with Crippen molar-refractivity contribution in [1.29, 1.82) is 0 Å². The quantitative estimate of drug-likeness (QED) is 0.883. The van der Waals surface area contributed by atoms with Crippen molar-refractivity contribution in [2.45, 2.75) is 27.2 Å². The number of benzene rings is 1. The van der Waals surface area contributed by atoms with Gasteiger partial charge in [0.1, 0.15) is 6.42 Å². The number of hydrogen-bond acceptors (Lipinski definition) is 5. The average molecular weight is 288 g/mol. The highest BCUT2D eigenvalue weighted by molar-refractivity contribution is 5.91. The fourth-order valence-electron chi connectivity index (χ4n) is 2.10. The van der Waals surface area contributed by atoms with E-state index < -0.39 is 0 Å². The molecule has 1 aromatic carbocycles. The van der Waals surface area contributed by atoms with Crippen molar-refractivity contribution in [3.8, 4) is 0 Å². The van der Waals surface area contributed by atoms with Gasteiger partial charge in [0.15, 0.2) is 5.82 Å². The van der Waals surface area contributed by atoms with Crippen molar-refractivity contribution in [1.82, 2.24) is 10.1 Å². The maximum Gasteiger partial charge on any atom is 0.236 e. The largest absolute Gasteiger partial charge is 0.372 e. The molecule has 1 heterocycles. The van der Waals surface area contributed by atoms with Gasteiger partial charge in [0.25, 0.3) is 0 Å². The third-order valence-corrected chi connectivity index (χ3v) is 3.16. The average Bonchev–Trinajstić information content (AvgIpc) is 2.87. The number of aryl methyl sites for hydroxylation is 1. The van der Waals surface area contributed by atoms with Crippen molar-refractivity contribution in [3.05, 3.63) is 36.0 Å². The van der Waals surface area contributed by atoms with Gasteiger partial charge in [0.2, 0.25) is 11.8 Å². The summed E-state index contributed by atoms with van der Waals surface area (Å²) in [5, 5.41) is 6.47. The molecule has 0 spiro atoms. The maximum absolute atomic E-state index is 11.9. The first kappa shape index (κ1) is 15.0. The number of aromatic nitrogens is 2. The van der Waals surface area contributed by atoms with Gasteiger partial charge >= 0.3 is 0 Å². The van der Waals surface area contributed by atoms with E-state index in [2.05, 4.69) is 34.2 Å². The van der Waals surface area contributed by atoms with Gasteiger partial charge in [0.05, 0.1) is 0 Å². The van der Waals surface area contributed by atoms with Gasteiger partial charge < -0.3 is 14.7 Å². The summed E-state index contributed by atoms with van der Waals surface area (Å²) >= 11 is 0. The van der Waals surface area contributed by atoms with E-state index in [9.17, 15) is 4.79 Å². The number of anilines is 2. The Kier molecular flexibility index (Phi) is 4.92. The smallest absolute Gasteiger partial charge is 0.236 e. The number of nitrogens with zero attached hydrogens (tertiary/aromatic N) is 3. The highest BCUT2D eigenvalue weighted by atomic mass is 16.5. The van der Waals surface area contributed by atoms with E-state index in [0.717, 1.165) is 24.5 Å². The van der Waals surface area contributed by atoms with Gasteiger partial charge in [-0.25, -0.2) is 0 Å². The Morgan fingerprint density at radius 3 is 2.43 bits per heavy atom. The molecule has 21 heavy (non-hydrogen) atoms. The van der Waals surface area contributed by atoms with Gasteiger partial charge in [-0.05, 0) is 45.0 Å². The molecule has 0 aliphatic heterocycles. The molecule has 0 bridgehead atoms. The fourth-order valence-corrected chi connectivity index (χ4v) is 2.10. The Morgan fingerprint density at radius 2 is 1.90 bits per heavy atom. The van der Waals surface area contributed by atoms with Crippen LogP contribution in [0.5, 0.6) is 0 Å². The van der Waals surface area contributed by atoms with E-state index >= 15 is 0 Å². The van der Waals surface area contributed by atoms with E-state index in [0.29, 0.717) is 11.7 Å². The van der Waals surface area contributed by atoms with Crippen LogP contribution in [0, 0.1) is 6.92 Å². The number of amides is 1. The van der Waals surface area contributed by atoms with Crippen LogP contribution in [0.4, 0.5) is 11.4 Å². The van der Waals surface area contributed by atoms with Gasteiger partial charge in [-0.1, -0.05) is 5.16 Å². The molecule has 112 valence electrons. The summed E-state index contributed by atoms with van der Waals surface area (Å²) < 4.78 is 4.92. The van der Waals surface area contributed by atoms with Crippen LogP contribution in [0.25, 0.3) is 0 Å². The highest BCUT2D eigenvalue weighted by Crippen LogP contribution is 2.17. The van der Waals surface area contributed by atoms with E-state index in [1.807, 2.05) is 24.3 Å². The summed E-state index contributed by atoms with van der Waals surface area (Å²) in [6.07, 6.45) is 0.0820. The SMILES string of the molecule is CCN(CC)c1ccc(NC(=O)Cc2nc(C)no2)cc1. The molecule has 0 aliphatic rings. The number of rotatable bonds is 6. The Morgan fingerprint density at radius 1 is 1.24 bits per heavy atom. The summed E-state index contributed by atoms with van der Waals surface area (Å²) in [6, 6.07) is 7.79. The maximum atomic E-state index is 11.9. The van der Waals surface area contributed by atoms with Crippen molar-refractivity contribution in [3.63, 3.8) is 0 Å². The monoisotopic (exact) mass is 288 g/mol. The second-order valence-corrected chi connectivity index (χ2v) is 4.68. The number of hydrogen-bond donors (Lipinski definition) is 1. The van der Waals surface area contributed by atoms with Crippen LogP contribution in [-0.4, -0.2) is 29.1 Å². The standard InChI is InChI=1S/C15H20N4O2/c1-4-19(5-2)13-8-6-12(7-9-13)17-14(20)10-15-16-11(3)18-21-15/h6-9H,4-5,10H2,1-3H3,(H,17,20). The van der Waals surface area contributed by atoms with E-state index in [1.54, 1.807) is 6.92 Å². The molecule has 1 aromatic heterocycles. The van der Waals surface area contributed by atoms with E-state index in [1.165, 1.54) is 0 Å². The van der Waals surface area contributed by atoms with E-state index in [4.69, 9.17) is 4.52 Å². The molecule has 0 fully saturated rings. The molecule has 2 aromatic rings. The first-order valence-electron chi connectivity index (χ1n) is 7.06. The summed E-state index contributed by atoms with van der Waals surface area (Å²) in [4.78, 5) is 18.1. The summed E-state index contributed by atoms with van der Waals surface area (Å²) in [7, 11) is 0. The second kappa shape index (κ2) is 6.88. The Labute approximate surface area is 124 Å². The predicted octanol–water partition coefficient (Wildman–Crippen LogP) is 2.41. The zero-order valence-electron chi connectivity index (χ0n) is 12.6. The first-order valence-corrected chi connectivity index (χ1v) is 7.06. The van der Waals surface area contributed by atoms with Crippen LogP contribution in [-0.2, 0) is 11.2 Å². The molecule has 0 radical (unpaired) electrons. The summed E-state index contributed by atoms with van der Waals surface area (Å²) in [5.74, 6) is 0.681. The number of nitrogens with one attached hydrogen (secondary N) is 1. The molecule has 1 amide bonds. The van der Waals surface area contributed by atoms with Gasteiger partial charge in [-0.3, -0.25) is 4.79 Å². The van der Waals surface area contributed by atoms with Crippen LogP contribution >= 0.6 is 0 Å². The molecule has 0 saturated carbocycles. The lowest BCUT2D eigenvalue weighted by molar-refractivity contribution is -0.115. The zero-order valence-corrected chi connectivity index (χ0v) is 12.6.